The fourth-order valence-corrected chi connectivity index (χ4v) is 2.20. The van der Waals surface area contributed by atoms with Gasteiger partial charge in [-0.25, -0.2) is 0 Å². The number of rotatable bonds is 1. The first kappa shape index (κ1) is 10.7. The van der Waals surface area contributed by atoms with E-state index >= 15 is 0 Å². The zero-order chi connectivity index (χ0) is 12.7. The molecule has 4 heteroatoms. The molecule has 2 aromatic heterocycles. The molecule has 0 amide bonds. The summed E-state index contributed by atoms with van der Waals surface area (Å²) in [6, 6.07) is 6.93. The van der Waals surface area contributed by atoms with Gasteiger partial charge in [-0.3, -0.25) is 14.6 Å². The Morgan fingerprint density at radius 1 is 1.28 bits per heavy atom. The first-order valence-corrected chi connectivity index (χ1v) is 5.57. The van der Waals surface area contributed by atoms with Crippen LogP contribution >= 0.6 is 0 Å². The summed E-state index contributed by atoms with van der Waals surface area (Å²) in [5.41, 5.74) is 2.43. The monoisotopic (exact) mass is 238 g/mol. The number of carbonyl (C=O) groups excluding carboxylic acids is 1. The summed E-state index contributed by atoms with van der Waals surface area (Å²) in [7, 11) is 0. The molecule has 0 saturated heterocycles. The molecule has 4 nitrogen and oxygen atoms in total. The molecule has 3 aromatic rings. The van der Waals surface area contributed by atoms with Gasteiger partial charge in [-0.05, 0) is 24.6 Å². The summed E-state index contributed by atoms with van der Waals surface area (Å²) >= 11 is 0. The van der Waals surface area contributed by atoms with Crippen LogP contribution in [-0.4, -0.2) is 16.3 Å². The molecule has 0 spiro atoms. The molecule has 18 heavy (non-hydrogen) atoms. The SMILES string of the molecule is Cc1cc2c(=O)cc(C=O)[nH]c2c2ncccc12. The smallest absolute Gasteiger partial charge is 0.190 e. The van der Waals surface area contributed by atoms with E-state index in [0.29, 0.717) is 22.7 Å². The standard InChI is InChI=1S/C14H10N2O2/c1-8-5-11-12(18)6-9(7-17)16-14(11)13-10(8)3-2-4-15-13/h2-7H,1H3,(H,16,18). The number of aryl methyl sites for hydroxylation is 1. The second-order valence-electron chi connectivity index (χ2n) is 4.22. The number of aromatic nitrogens is 2. The van der Waals surface area contributed by atoms with Crippen molar-refractivity contribution in [3.63, 3.8) is 0 Å². The maximum absolute atomic E-state index is 11.9. The lowest BCUT2D eigenvalue weighted by atomic mass is 10.0. The number of aromatic amines is 1. The third-order valence-corrected chi connectivity index (χ3v) is 3.05. The fraction of sp³-hybridized carbons (Fsp3) is 0.0714. The number of pyridine rings is 2. The number of benzene rings is 1. The molecule has 2 heterocycles. The van der Waals surface area contributed by atoms with Gasteiger partial charge in [0.25, 0.3) is 0 Å². The number of H-pyrrole nitrogens is 1. The van der Waals surface area contributed by atoms with Gasteiger partial charge >= 0.3 is 0 Å². The van der Waals surface area contributed by atoms with E-state index in [2.05, 4.69) is 9.97 Å². The van der Waals surface area contributed by atoms with E-state index in [-0.39, 0.29) is 11.1 Å². The molecular weight excluding hydrogens is 228 g/mol. The van der Waals surface area contributed by atoms with E-state index in [0.717, 1.165) is 10.9 Å². The summed E-state index contributed by atoms with van der Waals surface area (Å²) in [5, 5.41) is 1.54. The molecule has 0 aliphatic heterocycles. The molecule has 0 saturated carbocycles. The van der Waals surface area contributed by atoms with Crippen LogP contribution in [0.3, 0.4) is 0 Å². The summed E-state index contributed by atoms with van der Waals surface area (Å²) in [6.07, 6.45) is 2.31. The van der Waals surface area contributed by atoms with Gasteiger partial charge in [0.2, 0.25) is 0 Å². The van der Waals surface area contributed by atoms with Crippen molar-refractivity contribution >= 4 is 28.1 Å². The Morgan fingerprint density at radius 3 is 2.89 bits per heavy atom. The van der Waals surface area contributed by atoms with Gasteiger partial charge in [0.05, 0.1) is 16.7 Å². The maximum Gasteiger partial charge on any atom is 0.190 e. The lowest BCUT2D eigenvalue weighted by molar-refractivity contribution is 0.111. The molecule has 3 rings (SSSR count). The minimum Gasteiger partial charge on any atom is -0.350 e. The highest BCUT2D eigenvalue weighted by Crippen LogP contribution is 2.23. The quantitative estimate of drug-likeness (QED) is 0.522. The van der Waals surface area contributed by atoms with Crippen molar-refractivity contribution in [3.05, 3.63) is 51.9 Å². The van der Waals surface area contributed by atoms with Gasteiger partial charge in [0, 0.05) is 23.0 Å². The zero-order valence-corrected chi connectivity index (χ0v) is 9.73. The van der Waals surface area contributed by atoms with Crippen molar-refractivity contribution < 1.29 is 4.79 Å². The van der Waals surface area contributed by atoms with E-state index in [9.17, 15) is 9.59 Å². The van der Waals surface area contributed by atoms with Crippen molar-refractivity contribution in [2.45, 2.75) is 6.92 Å². The topological polar surface area (TPSA) is 62.8 Å². The number of carbonyl (C=O) groups is 1. The minimum absolute atomic E-state index is 0.165. The predicted molar refractivity (Wildman–Crippen MR) is 70.0 cm³/mol. The highest BCUT2D eigenvalue weighted by Gasteiger charge is 2.08. The Bertz CT molecular complexity index is 834. The minimum atomic E-state index is -0.165. The third-order valence-electron chi connectivity index (χ3n) is 3.05. The van der Waals surface area contributed by atoms with Crippen molar-refractivity contribution in [2.24, 2.45) is 0 Å². The number of aldehydes is 1. The first-order chi connectivity index (χ1) is 8.70. The van der Waals surface area contributed by atoms with Crippen LogP contribution in [-0.2, 0) is 0 Å². The van der Waals surface area contributed by atoms with Crippen LogP contribution in [0.15, 0.2) is 35.3 Å². The van der Waals surface area contributed by atoms with Crippen LogP contribution in [0, 0.1) is 6.92 Å². The van der Waals surface area contributed by atoms with E-state index in [4.69, 9.17) is 0 Å². The van der Waals surface area contributed by atoms with E-state index in [1.807, 2.05) is 25.1 Å². The summed E-state index contributed by atoms with van der Waals surface area (Å²) in [4.78, 5) is 30.0. The predicted octanol–water partition coefficient (Wildman–Crippen LogP) is 2.20. The Kier molecular flexibility index (Phi) is 2.23. The Labute approximate surface area is 102 Å². The third kappa shape index (κ3) is 1.43. The Hall–Kier alpha value is -2.49. The lowest BCUT2D eigenvalue weighted by Crippen LogP contribution is -2.05. The molecule has 1 aromatic carbocycles. The highest BCUT2D eigenvalue weighted by atomic mass is 16.1. The second-order valence-corrected chi connectivity index (χ2v) is 4.22. The van der Waals surface area contributed by atoms with Crippen molar-refractivity contribution in [1.29, 1.82) is 0 Å². The van der Waals surface area contributed by atoms with Crippen molar-refractivity contribution in [1.82, 2.24) is 9.97 Å². The number of fused-ring (bicyclic) bond motifs is 3. The van der Waals surface area contributed by atoms with E-state index < -0.39 is 0 Å². The maximum atomic E-state index is 11.9. The summed E-state index contributed by atoms with van der Waals surface area (Å²) in [6.45, 7) is 1.94. The average Bonchev–Trinajstić information content (AvgIpc) is 2.40. The van der Waals surface area contributed by atoms with Crippen LogP contribution in [0.4, 0.5) is 0 Å². The highest BCUT2D eigenvalue weighted by molar-refractivity contribution is 6.04. The molecule has 0 bridgehead atoms. The Balaban J connectivity index is 2.64. The first-order valence-electron chi connectivity index (χ1n) is 5.57. The zero-order valence-electron chi connectivity index (χ0n) is 9.73. The van der Waals surface area contributed by atoms with Crippen LogP contribution in [0.1, 0.15) is 16.1 Å². The van der Waals surface area contributed by atoms with Crippen LogP contribution < -0.4 is 5.43 Å². The van der Waals surface area contributed by atoms with Gasteiger partial charge in [-0.15, -0.1) is 0 Å². The largest absolute Gasteiger partial charge is 0.350 e. The lowest BCUT2D eigenvalue weighted by Gasteiger charge is -2.06. The van der Waals surface area contributed by atoms with E-state index in [1.54, 1.807) is 6.20 Å². The molecule has 0 aliphatic rings. The second kappa shape index (κ2) is 3.77. The van der Waals surface area contributed by atoms with Gasteiger partial charge in [-0.1, -0.05) is 6.07 Å². The van der Waals surface area contributed by atoms with Crippen LogP contribution in [0.25, 0.3) is 21.8 Å². The summed E-state index contributed by atoms with van der Waals surface area (Å²) in [5.74, 6) is 0. The molecule has 1 N–H and O–H groups in total. The van der Waals surface area contributed by atoms with Crippen LogP contribution in [0.2, 0.25) is 0 Å². The van der Waals surface area contributed by atoms with Gasteiger partial charge in [0.1, 0.15) is 0 Å². The number of hydrogen-bond donors (Lipinski definition) is 1. The normalized spacial score (nSPS) is 10.9. The molecule has 0 fully saturated rings. The van der Waals surface area contributed by atoms with Crippen LogP contribution in [0.5, 0.6) is 0 Å². The number of hydrogen-bond acceptors (Lipinski definition) is 3. The molecule has 88 valence electrons. The molecule has 0 radical (unpaired) electrons. The number of nitrogens with zero attached hydrogens (tertiary/aromatic N) is 1. The van der Waals surface area contributed by atoms with Gasteiger partial charge < -0.3 is 4.98 Å². The average molecular weight is 238 g/mol. The Morgan fingerprint density at radius 2 is 2.11 bits per heavy atom. The molecular formula is C14H10N2O2. The van der Waals surface area contributed by atoms with Gasteiger partial charge in [-0.2, -0.15) is 0 Å². The molecule has 0 aliphatic carbocycles. The van der Waals surface area contributed by atoms with Crippen molar-refractivity contribution in [2.75, 3.05) is 0 Å². The summed E-state index contributed by atoms with van der Waals surface area (Å²) < 4.78 is 0. The van der Waals surface area contributed by atoms with Gasteiger partial charge in [0.15, 0.2) is 11.7 Å². The fourth-order valence-electron chi connectivity index (χ4n) is 2.20. The van der Waals surface area contributed by atoms with Crippen molar-refractivity contribution in [3.8, 4) is 0 Å². The molecule has 0 atom stereocenters. The van der Waals surface area contributed by atoms with E-state index in [1.165, 1.54) is 6.07 Å². The number of nitrogens with one attached hydrogen (secondary N) is 1. The molecule has 0 unspecified atom stereocenters.